The molecule has 1 fully saturated rings. The second kappa shape index (κ2) is 18.7. The highest BCUT2D eigenvalue weighted by atomic mass is 16.9. The summed E-state index contributed by atoms with van der Waals surface area (Å²) in [5.41, 5.74) is 0.356. The Bertz CT molecular complexity index is 756. The van der Waals surface area contributed by atoms with Gasteiger partial charge in [0.05, 0.1) is 12.2 Å². The molecule has 0 spiro atoms. The Morgan fingerprint density at radius 1 is 0.919 bits per heavy atom. The van der Waals surface area contributed by atoms with E-state index in [1.807, 2.05) is 6.07 Å². The van der Waals surface area contributed by atoms with E-state index in [1.165, 1.54) is 51.1 Å². The van der Waals surface area contributed by atoms with Gasteiger partial charge < -0.3 is 24.9 Å². The number of aromatic nitrogens is 1. The van der Waals surface area contributed by atoms with Gasteiger partial charge in [0.25, 0.3) is 5.09 Å². The Labute approximate surface area is 222 Å². The lowest BCUT2D eigenvalue weighted by molar-refractivity contribution is -0.757. The molecule has 10 nitrogen and oxygen atoms in total. The van der Waals surface area contributed by atoms with Gasteiger partial charge in [0, 0.05) is 38.9 Å². The van der Waals surface area contributed by atoms with Gasteiger partial charge in [0.2, 0.25) is 5.91 Å². The first-order chi connectivity index (χ1) is 18.0. The fourth-order valence-corrected chi connectivity index (χ4v) is 4.68. The van der Waals surface area contributed by atoms with E-state index in [0.717, 1.165) is 77.1 Å². The molecule has 0 N–H and O–H groups in total. The van der Waals surface area contributed by atoms with Gasteiger partial charge >= 0.3 is 0 Å². The summed E-state index contributed by atoms with van der Waals surface area (Å²) in [6.07, 6.45) is 15.7. The molecule has 1 aliphatic heterocycles. The maximum absolute atomic E-state index is 12.4. The lowest BCUT2D eigenvalue weighted by Crippen LogP contribution is -2.46. The van der Waals surface area contributed by atoms with Crippen LogP contribution in [0.25, 0.3) is 0 Å². The average Bonchev–Trinajstić information content (AvgIpc) is 2.92. The van der Waals surface area contributed by atoms with Crippen molar-refractivity contribution >= 4 is 11.7 Å². The van der Waals surface area contributed by atoms with Crippen molar-refractivity contribution in [3.05, 3.63) is 39.2 Å². The summed E-state index contributed by atoms with van der Waals surface area (Å²) >= 11 is 0. The second-order valence-electron chi connectivity index (χ2n) is 9.89. The first kappa shape index (κ1) is 30.8. The minimum Gasteiger partial charge on any atom is -0.756 e. The largest absolute Gasteiger partial charge is 0.756 e. The van der Waals surface area contributed by atoms with Crippen molar-refractivity contribution in [2.75, 3.05) is 50.8 Å². The minimum absolute atomic E-state index is 0.207. The van der Waals surface area contributed by atoms with E-state index in [0.29, 0.717) is 10.6 Å². The van der Waals surface area contributed by atoms with Crippen molar-refractivity contribution in [1.29, 1.82) is 0 Å². The van der Waals surface area contributed by atoms with Crippen molar-refractivity contribution in [2.24, 2.45) is 0 Å². The topological polar surface area (TPSA) is 115 Å². The van der Waals surface area contributed by atoms with Crippen LogP contribution in [0.5, 0.6) is 0 Å². The summed E-state index contributed by atoms with van der Waals surface area (Å²) in [5.74, 6) is 0.363. The number of carbonyl (C=O) groups excluding carboxylic acids is 1. The standard InChI is InChI=1S/C27H46N5O5/c1-2-29-19-21-30(22-20-29)26-17-16-25(24-28-26)27(33)31(34)18-14-12-10-8-6-4-3-5-7-9-11-13-15-23-37-32(35)36/h16-17,24H,2-15,18-23H2,1H3/q-1. The van der Waals surface area contributed by atoms with Crippen LogP contribution >= 0.6 is 0 Å². The number of rotatable bonds is 20. The van der Waals surface area contributed by atoms with Gasteiger partial charge in [0.1, 0.15) is 5.82 Å². The van der Waals surface area contributed by atoms with Crippen LogP contribution < -0.4 is 4.90 Å². The second-order valence-corrected chi connectivity index (χ2v) is 9.89. The number of pyridine rings is 1. The molecule has 0 saturated carbocycles. The van der Waals surface area contributed by atoms with Crippen LogP contribution in [0.1, 0.15) is 101 Å². The molecule has 2 heterocycles. The zero-order chi connectivity index (χ0) is 26.7. The molecule has 0 atom stereocenters. The number of anilines is 1. The Kier molecular flexibility index (Phi) is 15.6. The predicted molar refractivity (Wildman–Crippen MR) is 146 cm³/mol. The molecule has 1 aromatic rings. The molecule has 0 radical (unpaired) electrons. The molecule has 0 unspecified atom stereocenters. The Balaban J connectivity index is 1.43. The molecule has 1 saturated heterocycles. The van der Waals surface area contributed by atoms with Crippen molar-refractivity contribution in [1.82, 2.24) is 14.9 Å². The lowest BCUT2D eigenvalue weighted by atomic mass is 10.0. The molecular formula is C27H46N5O5-. The van der Waals surface area contributed by atoms with Crippen LogP contribution in [0.15, 0.2) is 18.3 Å². The summed E-state index contributed by atoms with van der Waals surface area (Å²) in [6, 6.07) is 3.57. The molecular weight excluding hydrogens is 474 g/mol. The van der Waals surface area contributed by atoms with Gasteiger partial charge in [-0.25, -0.2) is 4.98 Å². The van der Waals surface area contributed by atoms with Crippen LogP contribution in [-0.4, -0.2) is 71.8 Å². The van der Waals surface area contributed by atoms with Crippen molar-refractivity contribution < 1.29 is 14.7 Å². The molecule has 0 aromatic carbocycles. The first-order valence-corrected chi connectivity index (χ1v) is 14.2. The highest BCUT2D eigenvalue weighted by molar-refractivity contribution is 5.94. The van der Waals surface area contributed by atoms with Crippen molar-refractivity contribution in [3.63, 3.8) is 0 Å². The highest BCUT2D eigenvalue weighted by Crippen LogP contribution is 2.16. The van der Waals surface area contributed by atoms with Crippen LogP contribution in [0.2, 0.25) is 0 Å². The van der Waals surface area contributed by atoms with Gasteiger partial charge in [-0.05, 0) is 31.5 Å². The zero-order valence-electron chi connectivity index (χ0n) is 22.7. The van der Waals surface area contributed by atoms with Gasteiger partial charge in [-0.1, -0.05) is 77.6 Å². The summed E-state index contributed by atoms with van der Waals surface area (Å²) < 4.78 is 0. The number of amides is 1. The Morgan fingerprint density at radius 2 is 1.46 bits per heavy atom. The molecule has 1 aliphatic rings. The van der Waals surface area contributed by atoms with E-state index in [-0.39, 0.29) is 13.2 Å². The zero-order valence-corrected chi connectivity index (χ0v) is 22.7. The molecule has 1 amide bonds. The van der Waals surface area contributed by atoms with E-state index in [9.17, 15) is 20.1 Å². The van der Waals surface area contributed by atoms with Crippen LogP contribution in [0, 0.1) is 15.3 Å². The smallest absolute Gasteiger partial charge is 0.294 e. The number of nitrogens with zero attached hydrogens (tertiary/aromatic N) is 5. The van der Waals surface area contributed by atoms with Gasteiger partial charge in [0.15, 0.2) is 0 Å². The monoisotopic (exact) mass is 520 g/mol. The van der Waals surface area contributed by atoms with Gasteiger partial charge in [-0.15, -0.1) is 10.1 Å². The molecule has 0 aliphatic carbocycles. The number of carbonyl (C=O) groups is 1. The lowest BCUT2D eigenvalue weighted by Gasteiger charge is -2.34. The Morgan fingerprint density at radius 3 is 1.95 bits per heavy atom. The normalized spacial score (nSPS) is 14.1. The molecule has 37 heavy (non-hydrogen) atoms. The molecule has 10 heteroatoms. The summed E-state index contributed by atoms with van der Waals surface area (Å²) in [7, 11) is 0. The number of piperazine rings is 1. The number of hydrogen-bond donors (Lipinski definition) is 0. The third kappa shape index (κ3) is 13.1. The number of unbranched alkanes of at least 4 members (excludes halogenated alkanes) is 12. The third-order valence-electron chi connectivity index (χ3n) is 7.07. The maximum atomic E-state index is 12.4. The maximum Gasteiger partial charge on any atom is 0.294 e. The summed E-state index contributed by atoms with van der Waals surface area (Å²) in [6.45, 7) is 7.55. The van der Waals surface area contributed by atoms with Crippen molar-refractivity contribution in [3.8, 4) is 0 Å². The highest BCUT2D eigenvalue weighted by Gasteiger charge is 2.17. The van der Waals surface area contributed by atoms with Crippen LogP contribution in [0.3, 0.4) is 0 Å². The van der Waals surface area contributed by atoms with E-state index in [4.69, 9.17) is 0 Å². The first-order valence-electron chi connectivity index (χ1n) is 14.2. The van der Waals surface area contributed by atoms with E-state index in [1.54, 1.807) is 6.07 Å². The molecule has 210 valence electrons. The van der Waals surface area contributed by atoms with E-state index < -0.39 is 11.0 Å². The van der Waals surface area contributed by atoms with Gasteiger partial charge in [-0.2, -0.15) is 0 Å². The number of hydroxylamine groups is 2. The molecule has 2 rings (SSSR count). The van der Waals surface area contributed by atoms with E-state index in [2.05, 4.69) is 26.5 Å². The SMILES string of the molecule is CCN1CCN(c2ccc(C(=O)N([O-])CCCCCCCCCCCCCCCO[N+](=O)[O-])cn2)CC1. The molecule has 0 bridgehead atoms. The van der Waals surface area contributed by atoms with Crippen LogP contribution in [0.4, 0.5) is 5.82 Å². The van der Waals surface area contributed by atoms with Crippen LogP contribution in [-0.2, 0) is 4.84 Å². The predicted octanol–water partition coefficient (Wildman–Crippen LogP) is 5.44. The summed E-state index contributed by atoms with van der Waals surface area (Å²) in [5, 5.41) is 22.1. The van der Waals surface area contributed by atoms with Gasteiger partial charge in [-0.3, -0.25) is 4.79 Å². The number of likely N-dealkylation sites (N-methyl/N-ethyl adjacent to an activating group) is 1. The number of hydrogen-bond acceptors (Lipinski definition) is 8. The van der Waals surface area contributed by atoms with E-state index >= 15 is 0 Å². The molecule has 1 aromatic heterocycles. The van der Waals surface area contributed by atoms with Crippen molar-refractivity contribution in [2.45, 2.75) is 90.4 Å². The quantitative estimate of drug-likeness (QED) is 0.127. The fraction of sp³-hybridized carbons (Fsp3) is 0.778. The Hall–Kier alpha value is -2.46. The minimum atomic E-state index is -0.728. The summed E-state index contributed by atoms with van der Waals surface area (Å²) in [4.78, 5) is 35.8. The third-order valence-corrected chi connectivity index (χ3v) is 7.07. The average molecular weight is 521 g/mol. The fourth-order valence-electron chi connectivity index (χ4n) is 4.68.